The Morgan fingerprint density at radius 1 is 1.24 bits per heavy atom. The molecule has 0 aromatic heterocycles. The smallest absolute Gasteiger partial charge is 0.0123 e. The van der Waals surface area contributed by atoms with Crippen molar-refractivity contribution < 1.29 is 0 Å². The van der Waals surface area contributed by atoms with E-state index in [1.54, 1.807) is 0 Å². The van der Waals surface area contributed by atoms with Crippen LogP contribution in [0, 0.1) is 17.3 Å². The van der Waals surface area contributed by atoms with Gasteiger partial charge in [-0.25, -0.2) is 0 Å². The van der Waals surface area contributed by atoms with E-state index in [9.17, 15) is 0 Å². The quantitative estimate of drug-likeness (QED) is 0.800. The van der Waals surface area contributed by atoms with E-state index in [-0.39, 0.29) is 5.41 Å². The van der Waals surface area contributed by atoms with E-state index in [0.717, 1.165) is 37.5 Å². The molecule has 17 heavy (non-hydrogen) atoms. The van der Waals surface area contributed by atoms with E-state index >= 15 is 0 Å². The van der Waals surface area contributed by atoms with E-state index in [1.807, 2.05) is 0 Å². The maximum absolute atomic E-state index is 5.87. The van der Waals surface area contributed by atoms with Crippen LogP contribution in [0.1, 0.15) is 53.9 Å². The van der Waals surface area contributed by atoms with Crippen LogP contribution in [0.2, 0.25) is 0 Å². The third kappa shape index (κ3) is 4.26. The van der Waals surface area contributed by atoms with Crippen LogP contribution in [0.25, 0.3) is 0 Å². The van der Waals surface area contributed by atoms with Gasteiger partial charge in [0.25, 0.3) is 0 Å². The molecule has 0 aromatic rings. The fourth-order valence-electron chi connectivity index (χ4n) is 3.09. The third-order valence-corrected chi connectivity index (χ3v) is 4.47. The van der Waals surface area contributed by atoms with Gasteiger partial charge in [-0.3, -0.25) is 4.90 Å². The van der Waals surface area contributed by atoms with E-state index in [1.165, 1.54) is 19.3 Å². The maximum atomic E-state index is 5.87. The van der Waals surface area contributed by atoms with Gasteiger partial charge in [0.2, 0.25) is 0 Å². The van der Waals surface area contributed by atoms with Crippen LogP contribution in [0.3, 0.4) is 0 Å². The Labute approximate surface area is 108 Å². The van der Waals surface area contributed by atoms with Crippen molar-refractivity contribution in [3.8, 4) is 0 Å². The van der Waals surface area contributed by atoms with Gasteiger partial charge in [0.15, 0.2) is 0 Å². The average molecular weight is 240 g/mol. The molecule has 3 atom stereocenters. The van der Waals surface area contributed by atoms with Crippen molar-refractivity contribution in [3.63, 3.8) is 0 Å². The number of hydrogen-bond donors (Lipinski definition) is 1. The molecular formula is C15H32N2. The molecule has 0 bridgehead atoms. The minimum absolute atomic E-state index is 0.246. The monoisotopic (exact) mass is 240 g/mol. The zero-order chi connectivity index (χ0) is 13.1. The third-order valence-electron chi connectivity index (χ3n) is 4.47. The van der Waals surface area contributed by atoms with Crippen LogP contribution >= 0.6 is 0 Å². The summed E-state index contributed by atoms with van der Waals surface area (Å²) in [6, 6.07) is 0.773. The van der Waals surface area contributed by atoms with Crippen molar-refractivity contribution in [1.29, 1.82) is 0 Å². The second-order valence-corrected chi connectivity index (χ2v) is 6.89. The van der Waals surface area contributed by atoms with Crippen molar-refractivity contribution in [2.24, 2.45) is 23.0 Å². The van der Waals surface area contributed by atoms with Gasteiger partial charge < -0.3 is 5.73 Å². The largest absolute Gasteiger partial charge is 0.330 e. The number of rotatable bonds is 5. The molecule has 2 heteroatoms. The molecule has 2 nitrogen and oxygen atoms in total. The van der Waals surface area contributed by atoms with Crippen molar-refractivity contribution in [2.75, 3.05) is 19.6 Å². The Morgan fingerprint density at radius 2 is 1.88 bits per heavy atom. The standard InChI is InChI=1S/C15H32N2/c1-6-17(11-15(4,5)10-16)14-9-12(2)7-8-13(14)3/h12-14H,6-11,16H2,1-5H3. The summed E-state index contributed by atoms with van der Waals surface area (Å²) < 4.78 is 0. The molecule has 0 amide bonds. The summed E-state index contributed by atoms with van der Waals surface area (Å²) in [4.78, 5) is 2.67. The van der Waals surface area contributed by atoms with Crippen molar-refractivity contribution in [1.82, 2.24) is 4.90 Å². The van der Waals surface area contributed by atoms with Crippen LogP contribution in [0.5, 0.6) is 0 Å². The number of nitrogens with zero attached hydrogens (tertiary/aromatic N) is 1. The molecule has 1 rings (SSSR count). The molecular weight excluding hydrogens is 208 g/mol. The average Bonchev–Trinajstić information content (AvgIpc) is 2.29. The Kier molecular flexibility index (Phi) is 5.46. The van der Waals surface area contributed by atoms with Crippen LogP contribution < -0.4 is 5.73 Å². The molecule has 0 spiro atoms. The molecule has 0 aliphatic heterocycles. The molecule has 102 valence electrons. The van der Waals surface area contributed by atoms with Crippen LogP contribution in [0.4, 0.5) is 0 Å². The highest BCUT2D eigenvalue weighted by Gasteiger charge is 2.32. The van der Waals surface area contributed by atoms with Crippen LogP contribution in [-0.4, -0.2) is 30.6 Å². The zero-order valence-corrected chi connectivity index (χ0v) is 12.5. The predicted octanol–water partition coefficient (Wildman–Crippen LogP) is 3.12. The van der Waals surface area contributed by atoms with Crippen molar-refractivity contribution >= 4 is 0 Å². The molecule has 2 N–H and O–H groups in total. The second-order valence-electron chi connectivity index (χ2n) is 6.89. The SMILES string of the molecule is CCN(CC(C)(C)CN)C1CC(C)CCC1C. The van der Waals surface area contributed by atoms with Gasteiger partial charge in [-0.05, 0) is 43.2 Å². The summed E-state index contributed by atoms with van der Waals surface area (Å²) >= 11 is 0. The molecule has 1 aliphatic carbocycles. The lowest BCUT2D eigenvalue weighted by Crippen LogP contribution is -2.48. The fraction of sp³-hybridized carbons (Fsp3) is 1.00. The Morgan fingerprint density at radius 3 is 2.41 bits per heavy atom. The summed E-state index contributed by atoms with van der Waals surface area (Å²) in [7, 11) is 0. The number of nitrogens with two attached hydrogens (primary N) is 1. The first-order valence-corrected chi connectivity index (χ1v) is 7.33. The maximum Gasteiger partial charge on any atom is 0.0123 e. The summed E-state index contributed by atoms with van der Waals surface area (Å²) in [6.07, 6.45) is 4.18. The second kappa shape index (κ2) is 6.19. The molecule has 1 fully saturated rings. The van der Waals surface area contributed by atoms with Gasteiger partial charge in [-0.15, -0.1) is 0 Å². The van der Waals surface area contributed by atoms with Gasteiger partial charge in [0.1, 0.15) is 0 Å². The fourth-order valence-corrected chi connectivity index (χ4v) is 3.09. The summed E-state index contributed by atoms with van der Waals surface area (Å²) in [5, 5.41) is 0. The Bertz CT molecular complexity index is 225. The van der Waals surface area contributed by atoms with Crippen LogP contribution in [-0.2, 0) is 0 Å². The molecule has 1 saturated carbocycles. The van der Waals surface area contributed by atoms with Crippen LogP contribution in [0.15, 0.2) is 0 Å². The van der Waals surface area contributed by atoms with E-state index in [2.05, 4.69) is 39.5 Å². The minimum Gasteiger partial charge on any atom is -0.330 e. The summed E-state index contributed by atoms with van der Waals surface area (Å²) in [5.74, 6) is 1.74. The Balaban J connectivity index is 2.65. The summed E-state index contributed by atoms with van der Waals surface area (Å²) in [5.41, 5.74) is 6.12. The van der Waals surface area contributed by atoms with Crippen molar-refractivity contribution in [2.45, 2.75) is 59.9 Å². The minimum atomic E-state index is 0.246. The zero-order valence-electron chi connectivity index (χ0n) is 12.5. The van der Waals surface area contributed by atoms with Gasteiger partial charge in [-0.1, -0.05) is 41.0 Å². The van der Waals surface area contributed by atoms with Gasteiger partial charge >= 0.3 is 0 Å². The highest BCUT2D eigenvalue weighted by atomic mass is 15.2. The van der Waals surface area contributed by atoms with E-state index < -0.39 is 0 Å². The van der Waals surface area contributed by atoms with Gasteiger partial charge in [0, 0.05) is 12.6 Å². The highest BCUT2D eigenvalue weighted by Crippen LogP contribution is 2.33. The molecule has 0 radical (unpaired) electrons. The lowest BCUT2D eigenvalue weighted by Gasteiger charge is -2.43. The molecule has 1 aliphatic rings. The lowest BCUT2D eigenvalue weighted by molar-refractivity contribution is 0.0640. The van der Waals surface area contributed by atoms with Gasteiger partial charge in [-0.2, -0.15) is 0 Å². The summed E-state index contributed by atoms with van der Waals surface area (Å²) in [6.45, 7) is 14.8. The molecule has 0 aromatic carbocycles. The first kappa shape index (κ1) is 15.0. The normalized spacial score (nSPS) is 30.9. The highest BCUT2D eigenvalue weighted by molar-refractivity contribution is 4.86. The predicted molar refractivity (Wildman–Crippen MR) is 76.0 cm³/mol. The molecule has 3 unspecified atom stereocenters. The van der Waals surface area contributed by atoms with E-state index in [4.69, 9.17) is 5.73 Å². The van der Waals surface area contributed by atoms with E-state index in [0.29, 0.717) is 0 Å². The lowest BCUT2D eigenvalue weighted by atomic mass is 9.78. The van der Waals surface area contributed by atoms with Gasteiger partial charge in [0.05, 0.1) is 0 Å². The topological polar surface area (TPSA) is 29.3 Å². The first-order chi connectivity index (χ1) is 7.89. The van der Waals surface area contributed by atoms with Crippen molar-refractivity contribution in [3.05, 3.63) is 0 Å². The molecule has 0 saturated heterocycles. The number of hydrogen-bond acceptors (Lipinski definition) is 2. The Hall–Kier alpha value is -0.0800. The molecule has 0 heterocycles. The first-order valence-electron chi connectivity index (χ1n) is 7.33.